The van der Waals surface area contributed by atoms with Crippen LogP contribution in [0.3, 0.4) is 0 Å². The van der Waals surface area contributed by atoms with Gasteiger partial charge in [0.2, 0.25) is 5.91 Å². The number of carbonyl (C=O) groups excluding carboxylic acids is 1. The topological polar surface area (TPSA) is 52.3 Å². The Morgan fingerprint density at radius 2 is 2.24 bits per heavy atom. The number of aryl methyl sites for hydroxylation is 1. The van der Waals surface area contributed by atoms with E-state index in [1.165, 1.54) is 11.6 Å². The summed E-state index contributed by atoms with van der Waals surface area (Å²) in [6.07, 6.45) is 5.10. The Kier molecular flexibility index (Phi) is 2.92. The summed E-state index contributed by atoms with van der Waals surface area (Å²) in [5.41, 5.74) is 7.15. The van der Waals surface area contributed by atoms with E-state index < -0.39 is 5.91 Å². The molecule has 90 valence electrons. The molecule has 1 aliphatic heterocycles. The van der Waals surface area contributed by atoms with E-state index >= 15 is 0 Å². The molecule has 0 bridgehead atoms. The SMILES string of the molecule is CC1(C)CCc2cc(/C=C/C(N)=O)ccc2O1. The molecule has 3 nitrogen and oxygen atoms in total. The maximum Gasteiger partial charge on any atom is 0.241 e. The Hall–Kier alpha value is -1.77. The lowest BCUT2D eigenvalue weighted by Gasteiger charge is -2.32. The number of amides is 1. The minimum absolute atomic E-state index is 0.0857. The Morgan fingerprint density at radius 3 is 2.94 bits per heavy atom. The van der Waals surface area contributed by atoms with Gasteiger partial charge < -0.3 is 10.5 Å². The van der Waals surface area contributed by atoms with Gasteiger partial charge in [-0.05, 0) is 56.0 Å². The average molecular weight is 231 g/mol. The van der Waals surface area contributed by atoms with E-state index in [-0.39, 0.29) is 5.60 Å². The number of benzene rings is 1. The van der Waals surface area contributed by atoms with Crippen molar-refractivity contribution >= 4 is 12.0 Å². The number of nitrogens with two attached hydrogens (primary N) is 1. The van der Waals surface area contributed by atoms with Crippen LogP contribution >= 0.6 is 0 Å². The smallest absolute Gasteiger partial charge is 0.241 e. The van der Waals surface area contributed by atoms with Gasteiger partial charge in [0.15, 0.2) is 0 Å². The van der Waals surface area contributed by atoms with Gasteiger partial charge in [-0.3, -0.25) is 4.79 Å². The fourth-order valence-corrected chi connectivity index (χ4v) is 1.96. The van der Waals surface area contributed by atoms with Gasteiger partial charge in [0.05, 0.1) is 0 Å². The maximum absolute atomic E-state index is 10.7. The second-order valence-electron chi connectivity index (χ2n) is 4.96. The van der Waals surface area contributed by atoms with Gasteiger partial charge in [0.1, 0.15) is 11.4 Å². The van der Waals surface area contributed by atoms with Gasteiger partial charge in [-0.15, -0.1) is 0 Å². The highest BCUT2D eigenvalue weighted by molar-refractivity contribution is 5.90. The molecular formula is C14H17NO2. The third-order valence-electron chi connectivity index (χ3n) is 2.91. The van der Waals surface area contributed by atoms with Crippen LogP contribution in [0.15, 0.2) is 24.3 Å². The van der Waals surface area contributed by atoms with E-state index in [1.54, 1.807) is 6.08 Å². The van der Waals surface area contributed by atoms with Crippen LogP contribution in [0.4, 0.5) is 0 Å². The van der Waals surface area contributed by atoms with Crippen molar-refractivity contribution < 1.29 is 9.53 Å². The molecule has 0 aromatic heterocycles. The lowest BCUT2D eigenvalue weighted by Crippen LogP contribution is -2.32. The number of hydrogen-bond acceptors (Lipinski definition) is 2. The number of ether oxygens (including phenoxy) is 1. The third-order valence-corrected chi connectivity index (χ3v) is 2.91. The zero-order chi connectivity index (χ0) is 12.5. The van der Waals surface area contributed by atoms with Crippen LogP contribution in [-0.2, 0) is 11.2 Å². The second kappa shape index (κ2) is 4.24. The molecule has 1 amide bonds. The molecular weight excluding hydrogens is 214 g/mol. The summed E-state index contributed by atoms with van der Waals surface area (Å²) in [6.45, 7) is 4.19. The number of carbonyl (C=O) groups is 1. The molecule has 0 unspecified atom stereocenters. The van der Waals surface area contributed by atoms with E-state index in [1.807, 2.05) is 18.2 Å². The summed E-state index contributed by atoms with van der Waals surface area (Å²) in [7, 11) is 0. The van der Waals surface area contributed by atoms with Crippen LogP contribution in [0.2, 0.25) is 0 Å². The Bertz CT molecular complexity index is 475. The van der Waals surface area contributed by atoms with Crippen molar-refractivity contribution in [1.29, 1.82) is 0 Å². The quantitative estimate of drug-likeness (QED) is 0.794. The normalized spacial score (nSPS) is 17.5. The number of hydrogen-bond donors (Lipinski definition) is 1. The van der Waals surface area contributed by atoms with Gasteiger partial charge in [-0.2, -0.15) is 0 Å². The summed E-state index contributed by atoms with van der Waals surface area (Å²) in [5, 5.41) is 0. The first kappa shape index (κ1) is 11.7. The van der Waals surface area contributed by atoms with E-state index in [2.05, 4.69) is 13.8 Å². The molecule has 1 aliphatic rings. The van der Waals surface area contributed by atoms with Crippen LogP contribution in [0, 0.1) is 0 Å². The molecule has 1 aromatic carbocycles. The van der Waals surface area contributed by atoms with Crippen LogP contribution < -0.4 is 10.5 Å². The molecule has 0 radical (unpaired) electrons. The molecule has 3 heteroatoms. The highest BCUT2D eigenvalue weighted by Gasteiger charge is 2.26. The van der Waals surface area contributed by atoms with E-state index in [0.717, 1.165) is 24.2 Å². The number of rotatable bonds is 2. The van der Waals surface area contributed by atoms with Crippen molar-refractivity contribution in [2.45, 2.75) is 32.3 Å². The third kappa shape index (κ3) is 2.87. The van der Waals surface area contributed by atoms with Crippen molar-refractivity contribution in [2.24, 2.45) is 5.73 Å². The summed E-state index contributed by atoms with van der Waals surface area (Å²) in [6, 6.07) is 5.93. The van der Waals surface area contributed by atoms with Crippen LogP contribution in [0.25, 0.3) is 6.08 Å². The fraction of sp³-hybridized carbons (Fsp3) is 0.357. The average Bonchev–Trinajstić information content (AvgIpc) is 2.25. The first-order valence-electron chi connectivity index (χ1n) is 5.76. The first-order chi connectivity index (χ1) is 7.96. The fourth-order valence-electron chi connectivity index (χ4n) is 1.96. The molecule has 0 atom stereocenters. The lowest BCUT2D eigenvalue weighted by atomic mass is 9.93. The molecule has 1 aromatic rings. The van der Waals surface area contributed by atoms with E-state index in [9.17, 15) is 4.79 Å². The second-order valence-corrected chi connectivity index (χ2v) is 4.96. The van der Waals surface area contributed by atoms with Crippen molar-refractivity contribution in [1.82, 2.24) is 0 Å². The van der Waals surface area contributed by atoms with Crippen molar-refractivity contribution in [3.63, 3.8) is 0 Å². The van der Waals surface area contributed by atoms with Crippen LogP contribution in [0.5, 0.6) is 5.75 Å². The van der Waals surface area contributed by atoms with Crippen molar-refractivity contribution in [3.05, 3.63) is 35.4 Å². The highest BCUT2D eigenvalue weighted by atomic mass is 16.5. The molecule has 0 aliphatic carbocycles. The molecule has 0 saturated heterocycles. The van der Waals surface area contributed by atoms with Crippen molar-refractivity contribution in [2.75, 3.05) is 0 Å². The Morgan fingerprint density at radius 1 is 1.47 bits per heavy atom. The molecule has 0 spiro atoms. The zero-order valence-corrected chi connectivity index (χ0v) is 10.2. The summed E-state index contributed by atoms with van der Waals surface area (Å²) < 4.78 is 5.88. The molecule has 0 fully saturated rings. The standard InChI is InChI=1S/C14H17NO2/c1-14(2)8-7-11-9-10(4-6-13(15)16)3-5-12(11)17-14/h3-6,9H,7-8H2,1-2H3,(H2,15,16)/b6-4+. The minimum Gasteiger partial charge on any atom is -0.488 e. The van der Waals surface area contributed by atoms with Gasteiger partial charge >= 0.3 is 0 Å². The summed E-state index contributed by atoms with van der Waals surface area (Å²) >= 11 is 0. The molecule has 17 heavy (non-hydrogen) atoms. The summed E-state index contributed by atoms with van der Waals surface area (Å²) in [4.78, 5) is 10.7. The summed E-state index contributed by atoms with van der Waals surface area (Å²) in [5.74, 6) is 0.512. The lowest BCUT2D eigenvalue weighted by molar-refractivity contribution is -0.113. The van der Waals surface area contributed by atoms with E-state index in [0.29, 0.717) is 0 Å². The largest absolute Gasteiger partial charge is 0.488 e. The first-order valence-corrected chi connectivity index (χ1v) is 5.76. The predicted octanol–water partition coefficient (Wildman–Crippen LogP) is 2.29. The molecule has 2 N–H and O–H groups in total. The van der Waals surface area contributed by atoms with E-state index in [4.69, 9.17) is 10.5 Å². The number of primary amides is 1. The Balaban J connectivity index is 2.24. The maximum atomic E-state index is 10.7. The molecule has 0 saturated carbocycles. The van der Waals surface area contributed by atoms with Gasteiger partial charge in [-0.1, -0.05) is 6.07 Å². The van der Waals surface area contributed by atoms with Gasteiger partial charge in [0.25, 0.3) is 0 Å². The predicted molar refractivity (Wildman–Crippen MR) is 67.7 cm³/mol. The monoisotopic (exact) mass is 231 g/mol. The minimum atomic E-state index is -0.430. The Labute approximate surface area is 101 Å². The number of fused-ring (bicyclic) bond motifs is 1. The van der Waals surface area contributed by atoms with Gasteiger partial charge in [0, 0.05) is 6.08 Å². The zero-order valence-electron chi connectivity index (χ0n) is 10.2. The van der Waals surface area contributed by atoms with Gasteiger partial charge in [-0.25, -0.2) is 0 Å². The highest BCUT2D eigenvalue weighted by Crippen LogP contribution is 2.33. The molecule has 1 heterocycles. The van der Waals surface area contributed by atoms with Crippen LogP contribution in [-0.4, -0.2) is 11.5 Å². The van der Waals surface area contributed by atoms with Crippen molar-refractivity contribution in [3.8, 4) is 5.75 Å². The van der Waals surface area contributed by atoms with Crippen LogP contribution in [0.1, 0.15) is 31.4 Å². The molecule has 2 rings (SSSR count).